The summed E-state index contributed by atoms with van der Waals surface area (Å²) in [7, 11) is 0. The molecule has 2 amide bonds. The third-order valence-electron chi connectivity index (χ3n) is 4.23. The first kappa shape index (κ1) is 13.3. The van der Waals surface area contributed by atoms with E-state index in [9.17, 15) is 4.79 Å². The van der Waals surface area contributed by atoms with Gasteiger partial charge in [0.25, 0.3) is 0 Å². The summed E-state index contributed by atoms with van der Waals surface area (Å²) in [5.74, 6) is 0. The number of anilines is 2. The van der Waals surface area contributed by atoms with Crippen LogP contribution in [0.5, 0.6) is 0 Å². The lowest BCUT2D eigenvalue weighted by atomic mass is 10.1. The number of hydrogen-bond donors (Lipinski definition) is 1. The Labute approximate surface area is 120 Å². The second kappa shape index (κ2) is 6.16. The van der Waals surface area contributed by atoms with Crippen LogP contribution in [-0.2, 0) is 0 Å². The van der Waals surface area contributed by atoms with Gasteiger partial charge in [-0.1, -0.05) is 0 Å². The number of hydrogen-bond acceptors (Lipinski definition) is 2. The van der Waals surface area contributed by atoms with Crippen molar-refractivity contribution in [1.82, 2.24) is 4.90 Å². The Morgan fingerprint density at radius 3 is 2.10 bits per heavy atom. The molecule has 2 heterocycles. The largest absolute Gasteiger partial charge is 0.372 e. The summed E-state index contributed by atoms with van der Waals surface area (Å²) in [6.45, 7) is 4.08. The number of nitrogens with zero attached hydrogens (tertiary/aromatic N) is 2. The van der Waals surface area contributed by atoms with E-state index in [0.717, 1.165) is 44.7 Å². The minimum absolute atomic E-state index is 0.0404. The van der Waals surface area contributed by atoms with Gasteiger partial charge in [-0.3, -0.25) is 0 Å². The molecule has 0 aliphatic carbocycles. The number of nitrogens with one attached hydrogen (secondary N) is 1. The topological polar surface area (TPSA) is 35.6 Å². The van der Waals surface area contributed by atoms with Gasteiger partial charge in [-0.05, 0) is 56.4 Å². The van der Waals surface area contributed by atoms with Gasteiger partial charge in [-0.25, -0.2) is 4.79 Å². The quantitative estimate of drug-likeness (QED) is 0.897. The van der Waals surface area contributed by atoms with Crippen molar-refractivity contribution < 1.29 is 4.79 Å². The molecule has 2 aliphatic heterocycles. The van der Waals surface area contributed by atoms with Gasteiger partial charge in [0.2, 0.25) is 0 Å². The fourth-order valence-corrected chi connectivity index (χ4v) is 3.03. The summed E-state index contributed by atoms with van der Waals surface area (Å²) in [5.41, 5.74) is 2.15. The minimum Gasteiger partial charge on any atom is -0.372 e. The lowest BCUT2D eigenvalue weighted by Gasteiger charge is -2.27. The van der Waals surface area contributed by atoms with Crippen LogP contribution in [-0.4, -0.2) is 37.1 Å². The van der Waals surface area contributed by atoms with Crippen LogP contribution in [0.2, 0.25) is 0 Å². The summed E-state index contributed by atoms with van der Waals surface area (Å²) in [6, 6.07) is 8.28. The number of amides is 2. The van der Waals surface area contributed by atoms with Crippen LogP contribution in [0, 0.1) is 0 Å². The molecule has 0 atom stereocenters. The maximum Gasteiger partial charge on any atom is 0.321 e. The van der Waals surface area contributed by atoms with Crippen molar-refractivity contribution in [3.63, 3.8) is 0 Å². The Morgan fingerprint density at radius 2 is 1.45 bits per heavy atom. The van der Waals surface area contributed by atoms with E-state index in [4.69, 9.17) is 0 Å². The fraction of sp³-hybridized carbons (Fsp3) is 0.562. The average Bonchev–Trinajstić information content (AvgIpc) is 3.03. The molecule has 20 heavy (non-hydrogen) atoms. The Balaban J connectivity index is 1.58. The van der Waals surface area contributed by atoms with Gasteiger partial charge < -0.3 is 15.1 Å². The maximum absolute atomic E-state index is 12.1. The summed E-state index contributed by atoms with van der Waals surface area (Å²) >= 11 is 0. The molecule has 4 nitrogen and oxygen atoms in total. The molecule has 0 aromatic heterocycles. The lowest BCUT2D eigenvalue weighted by molar-refractivity contribution is 0.200. The molecule has 0 unspecified atom stereocenters. The third kappa shape index (κ3) is 3.06. The van der Waals surface area contributed by atoms with E-state index in [1.54, 1.807) is 0 Å². The first-order chi connectivity index (χ1) is 9.83. The van der Waals surface area contributed by atoms with E-state index in [0.29, 0.717) is 0 Å². The van der Waals surface area contributed by atoms with Gasteiger partial charge in [0, 0.05) is 37.6 Å². The molecular weight excluding hydrogens is 250 g/mol. The zero-order valence-corrected chi connectivity index (χ0v) is 12.0. The van der Waals surface area contributed by atoms with Crippen LogP contribution < -0.4 is 10.2 Å². The maximum atomic E-state index is 12.1. The normalized spacial score (nSPS) is 19.2. The summed E-state index contributed by atoms with van der Waals surface area (Å²) in [5, 5.41) is 3.00. The molecule has 2 aliphatic rings. The standard InChI is InChI=1S/C16H23N3O/c20-16(19-12-2-1-3-13-19)17-14-6-8-15(9-7-14)18-10-4-5-11-18/h6-9H,1-5,10-13H2,(H,17,20). The number of rotatable bonds is 2. The van der Waals surface area contributed by atoms with Crippen LogP contribution in [0.4, 0.5) is 16.2 Å². The number of carbonyl (C=O) groups excluding carboxylic acids is 1. The number of piperidine rings is 1. The van der Waals surface area contributed by atoms with E-state index in [2.05, 4.69) is 22.3 Å². The predicted octanol–water partition coefficient (Wildman–Crippen LogP) is 3.30. The van der Waals surface area contributed by atoms with Crippen molar-refractivity contribution in [2.45, 2.75) is 32.1 Å². The van der Waals surface area contributed by atoms with Crippen molar-refractivity contribution in [3.05, 3.63) is 24.3 Å². The minimum atomic E-state index is 0.0404. The average molecular weight is 273 g/mol. The number of carbonyl (C=O) groups is 1. The molecule has 108 valence electrons. The van der Waals surface area contributed by atoms with Gasteiger partial charge in [0.05, 0.1) is 0 Å². The zero-order chi connectivity index (χ0) is 13.8. The predicted molar refractivity (Wildman–Crippen MR) is 82.3 cm³/mol. The highest BCUT2D eigenvalue weighted by atomic mass is 16.2. The van der Waals surface area contributed by atoms with E-state index in [1.165, 1.54) is 24.9 Å². The third-order valence-corrected chi connectivity index (χ3v) is 4.23. The molecule has 0 bridgehead atoms. The second-order valence-electron chi connectivity index (χ2n) is 5.72. The molecule has 0 radical (unpaired) electrons. The highest BCUT2D eigenvalue weighted by Gasteiger charge is 2.16. The summed E-state index contributed by atoms with van der Waals surface area (Å²) < 4.78 is 0. The van der Waals surface area contributed by atoms with Gasteiger partial charge in [0.15, 0.2) is 0 Å². The van der Waals surface area contributed by atoms with E-state index in [1.807, 2.05) is 17.0 Å². The van der Waals surface area contributed by atoms with Gasteiger partial charge in [-0.15, -0.1) is 0 Å². The SMILES string of the molecule is O=C(Nc1ccc(N2CCCC2)cc1)N1CCCCC1. The highest BCUT2D eigenvalue weighted by molar-refractivity contribution is 5.89. The molecular formula is C16H23N3O. The van der Waals surface area contributed by atoms with Crippen LogP contribution in [0.3, 0.4) is 0 Å². The smallest absolute Gasteiger partial charge is 0.321 e. The molecule has 2 fully saturated rings. The molecule has 1 N–H and O–H groups in total. The van der Waals surface area contributed by atoms with E-state index < -0.39 is 0 Å². The first-order valence-corrected chi connectivity index (χ1v) is 7.74. The Morgan fingerprint density at radius 1 is 0.850 bits per heavy atom. The summed E-state index contributed by atoms with van der Waals surface area (Å²) in [4.78, 5) is 16.4. The first-order valence-electron chi connectivity index (χ1n) is 7.74. The van der Waals surface area contributed by atoms with E-state index >= 15 is 0 Å². The molecule has 1 aromatic rings. The van der Waals surface area contributed by atoms with Crippen molar-refractivity contribution in [2.75, 3.05) is 36.4 Å². The summed E-state index contributed by atoms with van der Waals surface area (Å²) in [6.07, 6.45) is 6.07. The Bertz CT molecular complexity index is 445. The lowest BCUT2D eigenvalue weighted by Crippen LogP contribution is -2.38. The molecule has 0 spiro atoms. The zero-order valence-electron chi connectivity index (χ0n) is 12.0. The second-order valence-corrected chi connectivity index (χ2v) is 5.72. The molecule has 2 saturated heterocycles. The molecule has 0 saturated carbocycles. The van der Waals surface area contributed by atoms with Gasteiger partial charge >= 0.3 is 6.03 Å². The molecule has 3 rings (SSSR count). The van der Waals surface area contributed by atoms with Crippen LogP contribution >= 0.6 is 0 Å². The van der Waals surface area contributed by atoms with Crippen molar-refractivity contribution in [2.24, 2.45) is 0 Å². The van der Waals surface area contributed by atoms with Crippen LogP contribution in [0.1, 0.15) is 32.1 Å². The van der Waals surface area contributed by atoms with Crippen molar-refractivity contribution >= 4 is 17.4 Å². The fourth-order valence-electron chi connectivity index (χ4n) is 3.03. The Kier molecular flexibility index (Phi) is 4.09. The van der Waals surface area contributed by atoms with E-state index in [-0.39, 0.29) is 6.03 Å². The monoisotopic (exact) mass is 273 g/mol. The highest BCUT2D eigenvalue weighted by Crippen LogP contribution is 2.22. The number of likely N-dealkylation sites (tertiary alicyclic amines) is 1. The number of benzene rings is 1. The molecule has 1 aromatic carbocycles. The van der Waals surface area contributed by atoms with Gasteiger partial charge in [0.1, 0.15) is 0 Å². The number of urea groups is 1. The van der Waals surface area contributed by atoms with Gasteiger partial charge in [-0.2, -0.15) is 0 Å². The van der Waals surface area contributed by atoms with Crippen LogP contribution in [0.15, 0.2) is 24.3 Å². The Hall–Kier alpha value is -1.71. The van der Waals surface area contributed by atoms with Crippen molar-refractivity contribution in [3.8, 4) is 0 Å². The van der Waals surface area contributed by atoms with Crippen LogP contribution in [0.25, 0.3) is 0 Å². The van der Waals surface area contributed by atoms with Crippen molar-refractivity contribution in [1.29, 1.82) is 0 Å². The molecule has 4 heteroatoms.